The molecule has 2 aliphatic rings. The molecule has 1 saturated carbocycles. The Kier molecular flexibility index (Phi) is 4.05. The molecule has 2 fully saturated rings. The number of carboxylic acids is 1. The maximum Gasteiger partial charge on any atom is 0.321 e. The largest absolute Gasteiger partial charge is 0.480 e. The second-order valence-corrected chi connectivity index (χ2v) is 5.52. The van der Waals surface area contributed by atoms with Gasteiger partial charge >= 0.3 is 5.97 Å². The summed E-state index contributed by atoms with van der Waals surface area (Å²) in [5.41, 5.74) is 0. The standard InChI is InChI=1S/C13H23NO3/c1-2-9-3-5-10(6-4-9)14-8-11(15)7-12(14)13(16)17/h9-12,15H,2-8H2,1H3,(H,16,17). The summed E-state index contributed by atoms with van der Waals surface area (Å²) < 4.78 is 0. The Hall–Kier alpha value is -0.610. The lowest BCUT2D eigenvalue weighted by molar-refractivity contribution is -0.143. The van der Waals surface area contributed by atoms with Crippen LogP contribution in [0.5, 0.6) is 0 Å². The van der Waals surface area contributed by atoms with Crippen molar-refractivity contribution in [3.8, 4) is 0 Å². The van der Waals surface area contributed by atoms with E-state index in [9.17, 15) is 15.0 Å². The molecule has 1 saturated heterocycles. The molecule has 0 aromatic carbocycles. The first-order valence-electron chi connectivity index (χ1n) is 6.78. The van der Waals surface area contributed by atoms with Gasteiger partial charge in [0, 0.05) is 19.0 Å². The fourth-order valence-corrected chi connectivity index (χ4v) is 3.37. The van der Waals surface area contributed by atoms with Crippen molar-refractivity contribution >= 4 is 5.97 Å². The van der Waals surface area contributed by atoms with Crippen LogP contribution in [0.1, 0.15) is 45.4 Å². The Bertz CT molecular complexity index is 274. The molecular weight excluding hydrogens is 218 g/mol. The molecule has 2 unspecified atom stereocenters. The minimum absolute atomic E-state index is 0.371. The number of rotatable bonds is 3. The molecule has 0 amide bonds. The van der Waals surface area contributed by atoms with Crippen LogP contribution in [-0.2, 0) is 4.79 Å². The highest BCUT2D eigenvalue weighted by Crippen LogP contribution is 2.33. The van der Waals surface area contributed by atoms with Crippen molar-refractivity contribution in [3.63, 3.8) is 0 Å². The molecule has 0 radical (unpaired) electrons. The number of aliphatic carboxylic acids is 1. The fourth-order valence-electron chi connectivity index (χ4n) is 3.37. The minimum atomic E-state index is -0.779. The Morgan fingerprint density at radius 1 is 1.29 bits per heavy atom. The number of aliphatic hydroxyl groups is 1. The first-order valence-corrected chi connectivity index (χ1v) is 6.78. The average molecular weight is 241 g/mol. The number of β-amino-alcohol motifs (C(OH)–C–C–N with tert-alkyl or cyclic N) is 1. The summed E-state index contributed by atoms with van der Waals surface area (Å²) in [6, 6.07) is -0.0933. The number of hydrogen-bond donors (Lipinski definition) is 2. The van der Waals surface area contributed by atoms with Gasteiger partial charge in [0.1, 0.15) is 6.04 Å². The monoisotopic (exact) mass is 241 g/mol. The Morgan fingerprint density at radius 2 is 1.94 bits per heavy atom. The maximum atomic E-state index is 11.2. The van der Waals surface area contributed by atoms with Gasteiger partial charge in [0.2, 0.25) is 0 Å². The average Bonchev–Trinajstić information content (AvgIpc) is 2.72. The highest BCUT2D eigenvalue weighted by Gasteiger charge is 2.40. The zero-order valence-electron chi connectivity index (χ0n) is 10.5. The van der Waals surface area contributed by atoms with Crippen LogP contribution in [-0.4, -0.2) is 45.8 Å². The van der Waals surface area contributed by atoms with E-state index < -0.39 is 18.1 Å². The molecule has 1 aliphatic carbocycles. The topological polar surface area (TPSA) is 60.8 Å². The first kappa shape index (κ1) is 12.8. The summed E-state index contributed by atoms with van der Waals surface area (Å²) >= 11 is 0. The van der Waals surface area contributed by atoms with E-state index in [1.54, 1.807) is 0 Å². The van der Waals surface area contributed by atoms with Crippen molar-refractivity contribution in [2.75, 3.05) is 6.54 Å². The van der Waals surface area contributed by atoms with Gasteiger partial charge in [0.05, 0.1) is 6.10 Å². The quantitative estimate of drug-likeness (QED) is 0.785. The molecule has 1 aliphatic heterocycles. The number of aliphatic hydroxyl groups excluding tert-OH is 1. The predicted molar refractivity (Wildman–Crippen MR) is 64.8 cm³/mol. The van der Waals surface area contributed by atoms with Crippen LogP contribution in [0, 0.1) is 5.92 Å². The van der Waals surface area contributed by atoms with Crippen molar-refractivity contribution in [3.05, 3.63) is 0 Å². The summed E-state index contributed by atoms with van der Waals surface area (Å²) in [5.74, 6) is 0.0428. The normalized spacial score (nSPS) is 39.4. The highest BCUT2D eigenvalue weighted by atomic mass is 16.4. The Balaban J connectivity index is 1.95. The molecule has 2 rings (SSSR count). The number of carbonyl (C=O) groups is 1. The van der Waals surface area contributed by atoms with Crippen molar-refractivity contribution in [1.82, 2.24) is 4.90 Å². The first-order chi connectivity index (χ1) is 8.11. The van der Waals surface area contributed by atoms with E-state index in [-0.39, 0.29) is 0 Å². The van der Waals surface area contributed by atoms with E-state index in [0.717, 1.165) is 18.8 Å². The molecule has 0 aromatic heterocycles. The van der Waals surface area contributed by atoms with Gasteiger partial charge in [-0.1, -0.05) is 13.3 Å². The number of hydrogen-bond acceptors (Lipinski definition) is 3. The molecule has 98 valence electrons. The smallest absolute Gasteiger partial charge is 0.321 e. The Labute approximate surface area is 103 Å². The van der Waals surface area contributed by atoms with Gasteiger partial charge < -0.3 is 10.2 Å². The number of nitrogens with zero attached hydrogens (tertiary/aromatic N) is 1. The molecule has 1 heterocycles. The molecule has 2 atom stereocenters. The van der Waals surface area contributed by atoms with E-state index in [2.05, 4.69) is 6.92 Å². The molecule has 4 heteroatoms. The fraction of sp³-hybridized carbons (Fsp3) is 0.923. The zero-order valence-corrected chi connectivity index (χ0v) is 10.5. The number of carboxylic acid groups (broad SMARTS) is 1. The molecule has 0 aromatic rings. The lowest BCUT2D eigenvalue weighted by Crippen LogP contribution is -2.45. The van der Waals surface area contributed by atoms with Gasteiger partial charge in [-0.3, -0.25) is 9.69 Å². The van der Waals surface area contributed by atoms with Crippen LogP contribution in [0.4, 0.5) is 0 Å². The van der Waals surface area contributed by atoms with E-state index in [0.29, 0.717) is 19.0 Å². The zero-order chi connectivity index (χ0) is 12.4. The summed E-state index contributed by atoms with van der Waals surface area (Å²) in [7, 11) is 0. The Morgan fingerprint density at radius 3 is 2.47 bits per heavy atom. The highest BCUT2D eigenvalue weighted by molar-refractivity contribution is 5.74. The van der Waals surface area contributed by atoms with Crippen molar-refractivity contribution in [2.45, 2.75) is 63.6 Å². The third kappa shape index (κ3) is 2.80. The van der Waals surface area contributed by atoms with Gasteiger partial charge in [-0.05, 0) is 31.6 Å². The third-order valence-corrected chi connectivity index (χ3v) is 4.46. The van der Waals surface area contributed by atoms with Crippen LogP contribution < -0.4 is 0 Å². The summed E-state index contributed by atoms with van der Waals surface area (Å²) in [4.78, 5) is 13.2. The van der Waals surface area contributed by atoms with E-state index >= 15 is 0 Å². The molecule has 2 N–H and O–H groups in total. The van der Waals surface area contributed by atoms with E-state index in [1.807, 2.05) is 4.90 Å². The van der Waals surface area contributed by atoms with Crippen molar-refractivity contribution in [2.24, 2.45) is 5.92 Å². The van der Waals surface area contributed by atoms with Crippen LogP contribution in [0.15, 0.2) is 0 Å². The molecule has 0 bridgehead atoms. The van der Waals surface area contributed by atoms with Crippen LogP contribution >= 0.6 is 0 Å². The SMILES string of the molecule is CCC1CCC(N2CC(O)CC2C(=O)O)CC1. The van der Waals surface area contributed by atoms with Gasteiger partial charge in [-0.15, -0.1) is 0 Å². The molecule has 0 spiro atoms. The van der Waals surface area contributed by atoms with Crippen LogP contribution in [0.3, 0.4) is 0 Å². The lowest BCUT2D eigenvalue weighted by Gasteiger charge is -2.36. The second kappa shape index (κ2) is 5.36. The van der Waals surface area contributed by atoms with E-state index in [4.69, 9.17) is 0 Å². The van der Waals surface area contributed by atoms with Gasteiger partial charge in [0.25, 0.3) is 0 Å². The summed E-state index contributed by atoms with van der Waals surface area (Å²) in [6.07, 6.45) is 5.77. The van der Waals surface area contributed by atoms with Crippen LogP contribution in [0.2, 0.25) is 0 Å². The van der Waals surface area contributed by atoms with Crippen molar-refractivity contribution in [1.29, 1.82) is 0 Å². The van der Waals surface area contributed by atoms with Gasteiger partial charge in [0.15, 0.2) is 0 Å². The lowest BCUT2D eigenvalue weighted by atomic mass is 9.84. The molecular formula is C13H23NO3. The summed E-state index contributed by atoms with van der Waals surface area (Å²) in [5, 5.41) is 18.8. The minimum Gasteiger partial charge on any atom is -0.480 e. The summed E-state index contributed by atoms with van der Waals surface area (Å²) in [6.45, 7) is 2.77. The predicted octanol–water partition coefficient (Wildman–Crippen LogP) is 1.47. The van der Waals surface area contributed by atoms with Crippen LogP contribution in [0.25, 0.3) is 0 Å². The second-order valence-electron chi connectivity index (χ2n) is 5.52. The third-order valence-electron chi connectivity index (χ3n) is 4.46. The van der Waals surface area contributed by atoms with E-state index in [1.165, 1.54) is 19.3 Å². The molecule has 4 nitrogen and oxygen atoms in total. The maximum absolute atomic E-state index is 11.2. The van der Waals surface area contributed by atoms with Gasteiger partial charge in [-0.25, -0.2) is 0 Å². The molecule has 17 heavy (non-hydrogen) atoms. The number of likely N-dealkylation sites (tertiary alicyclic amines) is 1. The van der Waals surface area contributed by atoms with Crippen molar-refractivity contribution < 1.29 is 15.0 Å². The van der Waals surface area contributed by atoms with Gasteiger partial charge in [-0.2, -0.15) is 0 Å².